The van der Waals surface area contributed by atoms with Gasteiger partial charge < -0.3 is 41.2 Å². The van der Waals surface area contributed by atoms with E-state index in [1.807, 2.05) is 6.07 Å². The molecule has 10 nitrogen and oxygen atoms in total. The number of allylic oxidation sites excluding steroid dienone is 1. The van der Waals surface area contributed by atoms with Gasteiger partial charge in [0.2, 0.25) is 0 Å². The van der Waals surface area contributed by atoms with E-state index in [-0.39, 0.29) is 48.8 Å². The first-order valence-corrected chi connectivity index (χ1v) is 16.6. The lowest BCUT2D eigenvalue weighted by atomic mass is 9.68. The summed E-state index contributed by atoms with van der Waals surface area (Å²) in [6, 6.07) is 3.53. The fraction of sp³-hybridized carbons (Fsp3) is 0.657. The Balaban J connectivity index is 1.62. The number of esters is 1. The number of hydrogen-bond donors (Lipinski definition) is 6. The molecule has 8 atom stereocenters. The van der Waals surface area contributed by atoms with E-state index < -0.39 is 23.6 Å². The lowest BCUT2D eigenvalue weighted by Crippen LogP contribution is -2.50. The summed E-state index contributed by atoms with van der Waals surface area (Å²) in [5, 5.41) is 39.6. The molecule has 2 aliphatic carbocycles. The van der Waals surface area contributed by atoms with Crippen LogP contribution in [0.2, 0.25) is 0 Å². The van der Waals surface area contributed by atoms with E-state index in [0.717, 1.165) is 57.1 Å². The number of nitrogens with zero attached hydrogens (tertiary/aromatic N) is 1. The number of aliphatic hydroxyl groups is 2. The first kappa shape index (κ1) is 33.1. The highest BCUT2D eigenvalue weighted by atomic mass is 16.5. The minimum Gasteiger partial charge on any atom is -0.504 e. The van der Waals surface area contributed by atoms with Gasteiger partial charge in [0, 0.05) is 38.3 Å². The van der Waals surface area contributed by atoms with Crippen molar-refractivity contribution in [2.45, 2.75) is 115 Å². The van der Waals surface area contributed by atoms with Crippen molar-refractivity contribution in [2.75, 3.05) is 13.6 Å². The van der Waals surface area contributed by atoms with Crippen LogP contribution in [0.15, 0.2) is 29.3 Å². The minimum atomic E-state index is -0.709. The average molecular weight is 623 g/mol. The highest BCUT2D eigenvalue weighted by Crippen LogP contribution is 2.42. The largest absolute Gasteiger partial charge is 0.504 e. The molecule has 2 aliphatic heterocycles. The standard InChI is InChI=1S/C35H50N4O6/c1-22(41)44-31-20-27(42)10-14-35(12-4-3-8-33(35)39-34(36)37-2)13-9-23-6-5-7-26-19-28(11-15-38-26)45-32-18-24(16-29(23)31)25(21-40)17-30(32)43/h3,8,17-18,23,26-29,31,33,38,40,42-43H,4-7,10-12,14-16,19-21H2,1-2H3,(H3,36,37,39). The van der Waals surface area contributed by atoms with Crippen molar-refractivity contribution in [1.82, 2.24) is 10.6 Å². The third-order valence-corrected chi connectivity index (χ3v) is 10.2. The number of phenols is 1. The van der Waals surface area contributed by atoms with Crippen LogP contribution in [0.3, 0.4) is 0 Å². The lowest BCUT2D eigenvalue weighted by molar-refractivity contribution is -0.152. The number of piperidine rings is 1. The van der Waals surface area contributed by atoms with Crippen LogP contribution in [-0.4, -0.2) is 71.2 Å². The van der Waals surface area contributed by atoms with Crippen LogP contribution in [-0.2, 0) is 22.6 Å². The zero-order valence-corrected chi connectivity index (χ0v) is 26.6. The van der Waals surface area contributed by atoms with Gasteiger partial charge in [0.15, 0.2) is 17.5 Å². The van der Waals surface area contributed by atoms with E-state index in [9.17, 15) is 20.1 Å². The molecule has 7 N–H and O–H groups in total. The molecule has 1 spiro atoms. The van der Waals surface area contributed by atoms with Crippen LogP contribution < -0.4 is 21.1 Å². The third kappa shape index (κ3) is 8.13. The fourth-order valence-electron chi connectivity index (χ4n) is 7.70. The average Bonchev–Trinajstić information content (AvgIpc) is 3.02. The third-order valence-electron chi connectivity index (χ3n) is 10.2. The molecule has 2 heterocycles. The first-order chi connectivity index (χ1) is 21.7. The van der Waals surface area contributed by atoms with Crippen LogP contribution in [0.5, 0.6) is 11.5 Å². The van der Waals surface area contributed by atoms with Crippen molar-refractivity contribution in [3.8, 4) is 23.3 Å². The maximum atomic E-state index is 12.5. The normalized spacial score (nSPS) is 34.0. The number of nitrogens with one attached hydrogen (secondary N) is 2. The predicted octanol–water partition coefficient (Wildman–Crippen LogP) is 3.06. The van der Waals surface area contributed by atoms with Gasteiger partial charge in [-0.1, -0.05) is 30.4 Å². The number of benzene rings is 1. The number of hydrogen-bond acceptors (Lipinski definition) is 8. The molecule has 8 unspecified atom stereocenters. The van der Waals surface area contributed by atoms with Crippen molar-refractivity contribution < 1.29 is 29.6 Å². The van der Waals surface area contributed by atoms with E-state index in [4.69, 9.17) is 15.2 Å². The molecule has 1 aromatic rings. The molecule has 0 amide bonds. The molecule has 1 fully saturated rings. The second-order valence-corrected chi connectivity index (χ2v) is 13.3. The van der Waals surface area contributed by atoms with Crippen molar-refractivity contribution >= 4 is 11.9 Å². The number of carbonyl (C=O) groups excluding carboxylic acids is 1. The number of phenolic OH excluding ortho intramolecular Hbond substituents is 1. The molecule has 45 heavy (non-hydrogen) atoms. The predicted molar refractivity (Wildman–Crippen MR) is 172 cm³/mol. The fourth-order valence-corrected chi connectivity index (χ4v) is 7.70. The van der Waals surface area contributed by atoms with Crippen LogP contribution >= 0.6 is 0 Å². The van der Waals surface area contributed by atoms with Crippen LogP contribution in [0, 0.1) is 29.1 Å². The Morgan fingerprint density at radius 1 is 1.24 bits per heavy atom. The quantitative estimate of drug-likeness (QED) is 0.0980. The molecule has 1 aromatic carbocycles. The van der Waals surface area contributed by atoms with Gasteiger partial charge in [0.1, 0.15) is 12.2 Å². The van der Waals surface area contributed by atoms with Gasteiger partial charge in [-0.25, -0.2) is 0 Å². The summed E-state index contributed by atoms with van der Waals surface area (Å²) in [5.74, 6) is 7.38. The Hall–Kier alpha value is -3.26. The van der Waals surface area contributed by atoms with Crippen molar-refractivity contribution in [2.24, 2.45) is 28.0 Å². The summed E-state index contributed by atoms with van der Waals surface area (Å²) >= 11 is 0. The van der Waals surface area contributed by atoms with Gasteiger partial charge in [0.25, 0.3) is 0 Å². The smallest absolute Gasteiger partial charge is 0.302 e. The maximum Gasteiger partial charge on any atom is 0.302 e. The zero-order chi connectivity index (χ0) is 32.0. The monoisotopic (exact) mass is 622 g/mol. The first-order valence-electron chi connectivity index (χ1n) is 16.6. The number of ether oxygens (including phenoxy) is 2. The minimum absolute atomic E-state index is 0.00253. The molecule has 5 rings (SSSR count). The highest BCUT2D eigenvalue weighted by Gasteiger charge is 2.41. The summed E-state index contributed by atoms with van der Waals surface area (Å²) in [4.78, 5) is 16.6. The number of nitrogens with two attached hydrogens (primary N) is 1. The Kier molecular flexibility index (Phi) is 11.0. The number of aromatic hydroxyl groups is 1. The van der Waals surface area contributed by atoms with Crippen molar-refractivity contribution in [3.05, 3.63) is 35.4 Å². The number of rotatable bonds is 3. The Morgan fingerprint density at radius 3 is 2.87 bits per heavy atom. The second-order valence-electron chi connectivity index (χ2n) is 13.3. The Labute approximate surface area is 266 Å². The number of aliphatic imine (C=N–C) groups is 1. The van der Waals surface area contributed by atoms with Gasteiger partial charge in [-0.15, -0.1) is 0 Å². The van der Waals surface area contributed by atoms with E-state index >= 15 is 0 Å². The SMILES string of the molecule is CN=C(N)NC1C=CCCC12C#CC1CCCC3CC(CCN3)Oc3cc(c(CO)cc3O)CC1C(OC(C)=O)CC(O)CC2. The summed E-state index contributed by atoms with van der Waals surface area (Å²) < 4.78 is 12.4. The molecule has 0 radical (unpaired) electrons. The van der Waals surface area contributed by atoms with Crippen LogP contribution in [0.4, 0.5) is 0 Å². The number of aliphatic hydroxyl groups excluding tert-OH is 2. The van der Waals surface area contributed by atoms with Crippen molar-refractivity contribution in [3.63, 3.8) is 0 Å². The number of fused-ring (bicyclic) bond motifs is 5. The maximum absolute atomic E-state index is 12.5. The highest BCUT2D eigenvalue weighted by molar-refractivity contribution is 5.78. The molecule has 4 aliphatic rings. The topological polar surface area (TPSA) is 159 Å². The molecule has 246 valence electrons. The Morgan fingerprint density at radius 2 is 2.09 bits per heavy atom. The molecule has 10 heteroatoms. The van der Waals surface area contributed by atoms with E-state index in [1.165, 1.54) is 6.92 Å². The summed E-state index contributed by atoms with van der Waals surface area (Å²) in [7, 11) is 1.65. The van der Waals surface area contributed by atoms with Gasteiger partial charge >= 0.3 is 5.97 Å². The lowest BCUT2D eigenvalue weighted by Gasteiger charge is -2.40. The zero-order valence-electron chi connectivity index (χ0n) is 26.6. The number of carbonyl (C=O) groups is 1. The summed E-state index contributed by atoms with van der Waals surface area (Å²) in [6.07, 6.45) is 10.8. The van der Waals surface area contributed by atoms with Crippen molar-refractivity contribution in [1.29, 1.82) is 0 Å². The van der Waals surface area contributed by atoms with Gasteiger partial charge in [-0.2, -0.15) is 0 Å². The van der Waals surface area contributed by atoms with Gasteiger partial charge in [-0.05, 0) is 87.6 Å². The second kappa shape index (κ2) is 14.9. The Bertz CT molecular complexity index is 1320. The molecular weight excluding hydrogens is 572 g/mol. The molecule has 1 saturated heterocycles. The van der Waals surface area contributed by atoms with E-state index in [2.05, 4.69) is 39.6 Å². The molecular formula is C35H50N4O6. The van der Waals surface area contributed by atoms with Gasteiger partial charge in [-0.3, -0.25) is 9.79 Å². The summed E-state index contributed by atoms with van der Waals surface area (Å²) in [6.45, 7) is 1.98. The molecule has 4 bridgehead atoms. The van der Waals surface area contributed by atoms with Crippen LogP contribution in [0.25, 0.3) is 0 Å². The van der Waals surface area contributed by atoms with E-state index in [0.29, 0.717) is 36.5 Å². The van der Waals surface area contributed by atoms with Crippen LogP contribution in [0.1, 0.15) is 82.3 Å². The number of guanidine groups is 1. The molecule has 0 saturated carbocycles. The summed E-state index contributed by atoms with van der Waals surface area (Å²) in [5.41, 5.74) is 7.09. The van der Waals surface area contributed by atoms with E-state index in [1.54, 1.807) is 13.1 Å². The van der Waals surface area contributed by atoms with Gasteiger partial charge in [0.05, 0.1) is 24.2 Å². The molecule has 0 aromatic heterocycles.